The predicted octanol–water partition coefficient (Wildman–Crippen LogP) is 3.19. The van der Waals surface area contributed by atoms with Gasteiger partial charge in [-0.25, -0.2) is 0 Å². The predicted molar refractivity (Wildman–Crippen MR) is 104 cm³/mol. The Bertz CT molecular complexity index is 468. The summed E-state index contributed by atoms with van der Waals surface area (Å²) in [5.74, 6) is 1.39. The molecule has 0 heterocycles. The van der Waals surface area contributed by atoms with Crippen molar-refractivity contribution in [3.8, 4) is 0 Å². The molecular formula is C20H35ClN2O3. The van der Waals surface area contributed by atoms with Gasteiger partial charge in [0.1, 0.15) is 0 Å². The van der Waals surface area contributed by atoms with Crippen molar-refractivity contribution < 1.29 is 14.3 Å². The molecule has 6 heteroatoms. The maximum absolute atomic E-state index is 13.0. The molecule has 3 atom stereocenters. The van der Waals surface area contributed by atoms with E-state index >= 15 is 0 Å². The zero-order valence-electron chi connectivity index (χ0n) is 16.0. The first-order chi connectivity index (χ1) is 12.1. The molecule has 3 aliphatic rings. The van der Waals surface area contributed by atoms with E-state index in [1.54, 1.807) is 0 Å². The largest absolute Gasteiger partial charge is 0.469 e. The van der Waals surface area contributed by atoms with Crippen LogP contribution in [0.25, 0.3) is 0 Å². The van der Waals surface area contributed by atoms with E-state index in [0.29, 0.717) is 24.2 Å². The van der Waals surface area contributed by atoms with Crippen molar-refractivity contribution in [2.24, 2.45) is 29.4 Å². The van der Waals surface area contributed by atoms with Gasteiger partial charge in [-0.15, -0.1) is 12.4 Å². The zero-order chi connectivity index (χ0) is 17.8. The van der Waals surface area contributed by atoms with E-state index in [1.807, 2.05) is 0 Å². The van der Waals surface area contributed by atoms with Crippen LogP contribution >= 0.6 is 12.4 Å². The normalized spacial score (nSPS) is 32.8. The van der Waals surface area contributed by atoms with E-state index < -0.39 is 0 Å². The number of carbonyl (C=O) groups is 2. The second-order valence-electron chi connectivity index (χ2n) is 8.49. The SMILES string of the molecule is COC(=O)CC(NC(=O)C1CC2CCCC(C1)C2N)C1CCCCC1.Cl. The van der Waals surface area contributed by atoms with Gasteiger partial charge in [-0.3, -0.25) is 9.59 Å². The van der Waals surface area contributed by atoms with Crippen molar-refractivity contribution in [3.05, 3.63) is 0 Å². The smallest absolute Gasteiger partial charge is 0.307 e. The number of esters is 1. The molecule has 0 aromatic heterocycles. The third kappa shape index (κ3) is 5.13. The Morgan fingerprint density at radius 1 is 1.04 bits per heavy atom. The first-order valence-electron chi connectivity index (χ1n) is 10.2. The van der Waals surface area contributed by atoms with Crippen molar-refractivity contribution in [1.29, 1.82) is 0 Å². The zero-order valence-corrected chi connectivity index (χ0v) is 16.8. The molecule has 150 valence electrons. The van der Waals surface area contributed by atoms with Crippen LogP contribution in [0.1, 0.15) is 70.6 Å². The Labute approximate surface area is 163 Å². The average Bonchev–Trinajstić information content (AvgIpc) is 2.61. The summed E-state index contributed by atoms with van der Waals surface area (Å²) in [6.07, 6.45) is 11.6. The summed E-state index contributed by atoms with van der Waals surface area (Å²) < 4.78 is 4.87. The van der Waals surface area contributed by atoms with Crippen LogP contribution < -0.4 is 11.1 Å². The summed E-state index contributed by atoms with van der Waals surface area (Å²) in [4.78, 5) is 24.8. The lowest BCUT2D eigenvalue weighted by Gasteiger charge is -2.44. The van der Waals surface area contributed by atoms with Gasteiger partial charge in [0.2, 0.25) is 5.91 Å². The maximum Gasteiger partial charge on any atom is 0.307 e. The Kier molecular flexibility index (Phi) is 8.21. The highest BCUT2D eigenvalue weighted by Gasteiger charge is 2.41. The number of ether oxygens (including phenoxy) is 1. The van der Waals surface area contributed by atoms with Gasteiger partial charge < -0.3 is 15.8 Å². The lowest BCUT2D eigenvalue weighted by molar-refractivity contribution is -0.142. The van der Waals surface area contributed by atoms with Gasteiger partial charge in [0.25, 0.3) is 0 Å². The molecule has 3 unspecified atom stereocenters. The molecule has 0 aromatic rings. The van der Waals surface area contributed by atoms with E-state index in [9.17, 15) is 9.59 Å². The molecule has 0 saturated heterocycles. The van der Waals surface area contributed by atoms with E-state index in [0.717, 1.165) is 38.5 Å². The van der Waals surface area contributed by atoms with E-state index in [-0.39, 0.29) is 42.3 Å². The number of rotatable bonds is 5. The summed E-state index contributed by atoms with van der Waals surface area (Å²) in [5.41, 5.74) is 6.36. The van der Waals surface area contributed by atoms with Crippen LogP contribution in [-0.2, 0) is 14.3 Å². The fraction of sp³-hybridized carbons (Fsp3) is 0.900. The summed E-state index contributed by atoms with van der Waals surface area (Å²) in [7, 11) is 1.42. The first kappa shape index (κ1) is 21.5. The van der Waals surface area contributed by atoms with Crippen LogP contribution in [-0.4, -0.2) is 31.1 Å². The monoisotopic (exact) mass is 386 g/mol. The van der Waals surface area contributed by atoms with E-state index in [4.69, 9.17) is 10.5 Å². The molecule has 3 fully saturated rings. The van der Waals surface area contributed by atoms with Gasteiger partial charge in [-0.1, -0.05) is 25.7 Å². The van der Waals surface area contributed by atoms with Gasteiger partial charge >= 0.3 is 5.97 Å². The summed E-state index contributed by atoms with van der Waals surface area (Å²) in [6, 6.07) is 0.206. The highest BCUT2D eigenvalue weighted by Crippen LogP contribution is 2.42. The molecule has 0 aliphatic heterocycles. The average molecular weight is 387 g/mol. The van der Waals surface area contributed by atoms with Gasteiger partial charge in [0.15, 0.2) is 0 Å². The third-order valence-corrected chi connectivity index (χ3v) is 6.94. The molecule has 5 nitrogen and oxygen atoms in total. The first-order valence-corrected chi connectivity index (χ1v) is 10.2. The molecule has 0 radical (unpaired) electrons. The van der Waals surface area contributed by atoms with Gasteiger partial charge in [-0.05, 0) is 56.3 Å². The Morgan fingerprint density at radius 2 is 1.65 bits per heavy atom. The van der Waals surface area contributed by atoms with Crippen LogP contribution in [0.2, 0.25) is 0 Å². The van der Waals surface area contributed by atoms with Crippen molar-refractivity contribution in [2.45, 2.75) is 82.7 Å². The number of carbonyl (C=O) groups excluding carboxylic acids is 2. The van der Waals surface area contributed by atoms with Gasteiger partial charge in [0.05, 0.1) is 13.5 Å². The molecule has 1 amide bonds. The number of halogens is 1. The highest BCUT2D eigenvalue weighted by molar-refractivity contribution is 5.85. The number of methoxy groups -OCH3 is 1. The summed E-state index contributed by atoms with van der Waals surface area (Å²) >= 11 is 0. The van der Waals surface area contributed by atoms with Gasteiger partial charge in [0, 0.05) is 18.0 Å². The van der Waals surface area contributed by atoms with Crippen LogP contribution in [0.5, 0.6) is 0 Å². The quantitative estimate of drug-likeness (QED) is 0.711. The number of hydrogen-bond acceptors (Lipinski definition) is 4. The van der Waals surface area contributed by atoms with E-state index in [1.165, 1.54) is 32.8 Å². The Hall–Kier alpha value is -0.810. The molecule has 0 aromatic carbocycles. The number of amides is 1. The van der Waals surface area contributed by atoms with Crippen LogP contribution in [0, 0.1) is 23.7 Å². The van der Waals surface area contributed by atoms with Gasteiger partial charge in [-0.2, -0.15) is 0 Å². The van der Waals surface area contributed by atoms with Crippen molar-refractivity contribution in [1.82, 2.24) is 5.32 Å². The topological polar surface area (TPSA) is 81.4 Å². The fourth-order valence-electron chi connectivity index (χ4n) is 5.44. The molecule has 2 bridgehead atoms. The molecule has 3 aliphatic carbocycles. The Morgan fingerprint density at radius 3 is 2.23 bits per heavy atom. The fourth-order valence-corrected chi connectivity index (χ4v) is 5.44. The second kappa shape index (κ2) is 9.93. The lowest BCUT2D eigenvalue weighted by Crippen LogP contribution is -2.51. The Balaban J connectivity index is 0.00000243. The van der Waals surface area contributed by atoms with Crippen LogP contribution in [0.3, 0.4) is 0 Å². The molecule has 0 spiro atoms. The van der Waals surface area contributed by atoms with Crippen LogP contribution in [0.15, 0.2) is 0 Å². The summed E-state index contributed by atoms with van der Waals surface area (Å²) in [6.45, 7) is 0. The molecular weight excluding hydrogens is 352 g/mol. The third-order valence-electron chi connectivity index (χ3n) is 6.94. The highest BCUT2D eigenvalue weighted by atomic mass is 35.5. The molecule has 26 heavy (non-hydrogen) atoms. The number of hydrogen-bond donors (Lipinski definition) is 2. The van der Waals surface area contributed by atoms with Crippen molar-refractivity contribution >= 4 is 24.3 Å². The number of nitrogens with one attached hydrogen (secondary N) is 1. The standard InChI is InChI=1S/C20H34N2O3.ClH/c1-25-18(23)12-17(13-6-3-2-4-7-13)22-20(24)16-10-14-8-5-9-15(11-16)19(14)21;/h13-17,19H,2-12,21H2,1H3,(H,22,24);1H. The minimum Gasteiger partial charge on any atom is -0.469 e. The number of fused-ring (bicyclic) bond motifs is 2. The molecule has 3 N–H and O–H groups in total. The molecule has 3 rings (SSSR count). The van der Waals surface area contributed by atoms with Crippen LogP contribution in [0.4, 0.5) is 0 Å². The minimum absolute atomic E-state index is 0. The van der Waals surface area contributed by atoms with E-state index in [2.05, 4.69) is 5.32 Å². The second-order valence-corrected chi connectivity index (χ2v) is 8.49. The minimum atomic E-state index is -0.224. The van der Waals surface area contributed by atoms with Crippen molar-refractivity contribution in [2.75, 3.05) is 7.11 Å². The van der Waals surface area contributed by atoms with Crippen molar-refractivity contribution in [3.63, 3.8) is 0 Å². The summed E-state index contributed by atoms with van der Waals surface area (Å²) in [5, 5.41) is 3.25. The lowest BCUT2D eigenvalue weighted by atomic mass is 9.65. The number of nitrogens with two attached hydrogens (primary N) is 1. The molecule has 3 saturated carbocycles. The maximum atomic E-state index is 13.0.